The highest BCUT2D eigenvalue weighted by Crippen LogP contribution is 2.39. The molecular weight excluding hydrogens is 290 g/mol. The fourth-order valence-electron chi connectivity index (χ4n) is 2.18. The molecule has 1 aliphatic rings. The summed E-state index contributed by atoms with van der Waals surface area (Å²) in [5.41, 5.74) is 0.384. The molecule has 1 aromatic heterocycles. The first-order chi connectivity index (χ1) is 10.5. The van der Waals surface area contributed by atoms with E-state index in [0.717, 1.165) is 6.20 Å². The van der Waals surface area contributed by atoms with Crippen molar-refractivity contribution in [3.8, 4) is 11.5 Å². The largest absolute Gasteiger partial charge is 0.493 e. The Balaban J connectivity index is 2.01. The molecule has 0 atom stereocenters. The Bertz CT molecular complexity index is 822. The van der Waals surface area contributed by atoms with Crippen LogP contribution in [0.25, 0.3) is 6.08 Å². The maximum absolute atomic E-state index is 12.3. The number of allylic oxidation sites excluding steroid dienone is 1. The van der Waals surface area contributed by atoms with E-state index in [1.165, 1.54) is 24.8 Å². The van der Waals surface area contributed by atoms with Crippen LogP contribution in [-0.4, -0.2) is 27.4 Å². The zero-order valence-corrected chi connectivity index (χ0v) is 11.8. The lowest BCUT2D eigenvalue weighted by atomic mass is 10.1. The van der Waals surface area contributed by atoms with Gasteiger partial charge in [0, 0.05) is 0 Å². The van der Waals surface area contributed by atoms with E-state index in [1.54, 1.807) is 18.2 Å². The van der Waals surface area contributed by atoms with E-state index in [-0.39, 0.29) is 23.2 Å². The molecule has 8 heteroatoms. The number of aromatic nitrogens is 2. The van der Waals surface area contributed by atoms with E-state index in [4.69, 9.17) is 9.47 Å². The number of benzene rings is 1. The number of imidazole rings is 1. The van der Waals surface area contributed by atoms with Crippen LogP contribution in [0.1, 0.15) is 16.2 Å². The van der Waals surface area contributed by atoms with Crippen LogP contribution in [0.3, 0.4) is 0 Å². The van der Waals surface area contributed by atoms with Gasteiger partial charge < -0.3 is 19.6 Å². The predicted octanol–water partition coefficient (Wildman–Crippen LogP) is 1.95. The number of hydrogen-bond acceptors (Lipinski definition) is 6. The lowest BCUT2D eigenvalue weighted by molar-refractivity contribution is -0.391. The first-order valence-corrected chi connectivity index (χ1v) is 6.30. The number of carbonyl (C=O) groups excluding carboxylic acids is 1. The van der Waals surface area contributed by atoms with Gasteiger partial charge in [0.25, 0.3) is 0 Å². The number of para-hydroxylation sites is 1. The Morgan fingerprint density at radius 1 is 1.45 bits per heavy atom. The van der Waals surface area contributed by atoms with E-state index in [9.17, 15) is 14.9 Å². The highest BCUT2D eigenvalue weighted by Gasteiger charge is 2.31. The Hall–Kier alpha value is -3.16. The van der Waals surface area contributed by atoms with Crippen molar-refractivity contribution in [1.29, 1.82) is 0 Å². The number of ketones is 1. The van der Waals surface area contributed by atoms with Crippen molar-refractivity contribution in [2.45, 2.75) is 0 Å². The number of hydrogen-bond donors (Lipinski definition) is 0. The third-order valence-corrected chi connectivity index (χ3v) is 3.33. The molecule has 0 saturated carbocycles. The van der Waals surface area contributed by atoms with Gasteiger partial charge >= 0.3 is 5.82 Å². The summed E-state index contributed by atoms with van der Waals surface area (Å²) < 4.78 is 11.9. The number of Topliss-reactive ketones (excluding diaryl/α,β-unsaturated/α-hetero) is 1. The van der Waals surface area contributed by atoms with Crippen molar-refractivity contribution in [3.05, 3.63) is 51.7 Å². The fourth-order valence-corrected chi connectivity index (χ4v) is 2.18. The molecular formula is C14H11N3O5. The van der Waals surface area contributed by atoms with E-state index in [1.807, 2.05) is 0 Å². The van der Waals surface area contributed by atoms with Crippen molar-refractivity contribution < 1.29 is 19.2 Å². The molecule has 8 nitrogen and oxygen atoms in total. The lowest BCUT2D eigenvalue weighted by Crippen LogP contribution is -2.02. The number of nitro groups is 1. The molecule has 0 saturated heterocycles. The SMILES string of the molecule is COc1cccc2c1O/C(=C\c1ncc([N+](=O)[O-])n1C)C2=O. The van der Waals surface area contributed by atoms with Gasteiger partial charge in [-0.1, -0.05) is 6.07 Å². The molecule has 1 aromatic carbocycles. The van der Waals surface area contributed by atoms with Crippen molar-refractivity contribution in [1.82, 2.24) is 9.55 Å². The molecule has 0 aliphatic carbocycles. The number of fused-ring (bicyclic) bond motifs is 1. The lowest BCUT2D eigenvalue weighted by Gasteiger charge is -2.04. The number of methoxy groups -OCH3 is 1. The smallest absolute Gasteiger partial charge is 0.342 e. The first-order valence-electron chi connectivity index (χ1n) is 6.30. The molecule has 1 aliphatic heterocycles. The number of ether oxygens (including phenoxy) is 2. The van der Waals surface area contributed by atoms with Gasteiger partial charge in [0.05, 0.1) is 25.8 Å². The minimum Gasteiger partial charge on any atom is -0.493 e. The summed E-state index contributed by atoms with van der Waals surface area (Å²) in [6.07, 6.45) is 2.49. The van der Waals surface area contributed by atoms with Gasteiger partial charge in [-0.3, -0.25) is 4.79 Å². The maximum Gasteiger partial charge on any atom is 0.342 e. The van der Waals surface area contributed by atoms with Crippen LogP contribution in [-0.2, 0) is 7.05 Å². The van der Waals surface area contributed by atoms with E-state index < -0.39 is 4.92 Å². The average Bonchev–Trinajstić information content (AvgIpc) is 3.01. The van der Waals surface area contributed by atoms with Crippen molar-refractivity contribution >= 4 is 17.7 Å². The van der Waals surface area contributed by atoms with Gasteiger partial charge in [0.2, 0.25) is 11.6 Å². The molecule has 0 fully saturated rings. The molecule has 0 unspecified atom stereocenters. The summed E-state index contributed by atoms with van der Waals surface area (Å²) in [4.78, 5) is 26.5. The minimum atomic E-state index is -0.551. The molecule has 0 bridgehead atoms. The van der Waals surface area contributed by atoms with Crippen molar-refractivity contribution in [2.75, 3.05) is 7.11 Å². The second-order valence-electron chi connectivity index (χ2n) is 4.57. The fraction of sp³-hybridized carbons (Fsp3) is 0.143. The van der Waals surface area contributed by atoms with E-state index >= 15 is 0 Å². The third-order valence-electron chi connectivity index (χ3n) is 3.33. The van der Waals surface area contributed by atoms with E-state index in [0.29, 0.717) is 17.1 Å². The zero-order valence-electron chi connectivity index (χ0n) is 11.8. The second kappa shape index (κ2) is 4.99. The minimum absolute atomic E-state index is 0.0445. The van der Waals surface area contributed by atoms with Gasteiger partial charge in [-0.25, -0.2) is 9.55 Å². The zero-order chi connectivity index (χ0) is 15.9. The van der Waals surface area contributed by atoms with E-state index in [2.05, 4.69) is 4.98 Å². The van der Waals surface area contributed by atoms with Crippen LogP contribution in [0.5, 0.6) is 11.5 Å². The molecule has 3 rings (SSSR count). The molecule has 0 radical (unpaired) electrons. The van der Waals surface area contributed by atoms with Gasteiger partial charge in [-0.05, 0) is 17.1 Å². The van der Waals surface area contributed by atoms with Crippen LogP contribution in [0.15, 0.2) is 30.2 Å². The topological polar surface area (TPSA) is 96.5 Å². The number of carbonyl (C=O) groups is 1. The highest BCUT2D eigenvalue weighted by molar-refractivity contribution is 6.14. The molecule has 2 aromatic rings. The monoisotopic (exact) mass is 301 g/mol. The van der Waals surface area contributed by atoms with Crippen LogP contribution < -0.4 is 9.47 Å². The highest BCUT2D eigenvalue weighted by atomic mass is 16.6. The van der Waals surface area contributed by atoms with Crippen molar-refractivity contribution in [3.63, 3.8) is 0 Å². The third kappa shape index (κ3) is 2.01. The first kappa shape index (κ1) is 13.8. The molecule has 0 N–H and O–H groups in total. The molecule has 2 heterocycles. The Morgan fingerprint density at radius 2 is 2.23 bits per heavy atom. The summed E-state index contributed by atoms with van der Waals surface area (Å²) in [6, 6.07) is 5.00. The average molecular weight is 301 g/mol. The normalized spacial score (nSPS) is 14.8. The quantitative estimate of drug-likeness (QED) is 0.488. The second-order valence-corrected chi connectivity index (χ2v) is 4.57. The summed E-state index contributed by atoms with van der Waals surface area (Å²) in [6.45, 7) is 0. The summed E-state index contributed by atoms with van der Waals surface area (Å²) in [5.74, 6) is 0.585. The standard InChI is InChI=1S/C14H11N3O5/c1-16-11(15-7-12(16)17(19)20)6-10-13(18)8-4-3-5-9(21-2)14(8)22-10/h3-7H,1-2H3/b10-6-. The molecule has 22 heavy (non-hydrogen) atoms. The number of nitrogens with zero attached hydrogens (tertiary/aromatic N) is 3. The van der Waals surface area contributed by atoms with Crippen molar-refractivity contribution in [2.24, 2.45) is 7.05 Å². The predicted molar refractivity (Wildman–Crippen MR) is 75.8 cm³/mol. The van der Waals surface area contributed by atoms with Gasteiger partial charge in [-0.2, -0.15) is 0 Å². The van der Waals surface area contributed by atoms with Crippen LogP contribution in [0.4, 0.5) is 5.82 Å². The van der Waals surface area contributed by atoms with Crippen LogP contribution >= 0.6 is 0 Å². The van der Waals surface area contributed by atoms with Crippen LogP contribution in [0.2, 0.25) is 0 Å². The Labute approximate surface area is 124 Å². The van der Waals surface area contributed by atoms with Gasteiger partial charge in [0.1, 0.15) is 6.20 Å². The van der Waals surface area contributed by atoms with Gasteiger partial charge in [-0.15, -0.1) is 0 Å². The van der Waals surface area contributed by atoms with Gasteiger partial charge in [0.15, 0.2) is 17.3 Å². The number of rotatable bonds is 3. The molecule has 0 spiro atoms. The summed E-state index contributed by atoms with van der Waals surface area (Å²) in [7, 11) is 2.97. The Morgan fingerprint density at radius 3 is 2.86 bits per heavy atom. The maximum atomic E-state index is 12.3. The molecule has 112 valence electrons. The Kier molecular flexibility index (Phi) is 3.13. The molecule has 0 amide bonds. The summed E-state index contributed by atoms with van der Waals surface area (Å²) >= 11 is 0. The van der Waals surface area contributed by atoms with Crippen LogP contribution in [0, 0.1) is 10.1 Å². The summed E-state index contributed by atoms with van der Waals surface area (Å²) in [5, 5.41) is 10.8.